The molecule has 2 rings (SSSR count). The first-order valence-electron chi connectivity index (χ1n) is 9.35. The van der Waals surface area contributed by atoms with Crippen LogP contribution in [0.1, 0.15) is 34.1 Å². The van der Waals surface area contributed by atoms with Gasteiger partial charge in [-0.05, 0) is 45.0 Å². The highest BCUT2D eigenvalue weighted by molar-refractivity contribution is 7.89. The second kappa shape index (κ2) is 8.91. The number of rotatable bonds is 7. The van der Waals surface area contributed by atoms with Gasteiger partial charge in [-0.2, -0.15) is 0 Å². The number of nitrogens with zero attached hydrogens (tertiary/aromatic N) is 1. The summed E-state index contributed by atoms with van der Waals surface area (Å²) in [6, 6.07) is 5.76. The van der Waals surface area contributed by atoms with Crippen molar-refractivity contribution in [2.45, 2.75) is 44.6 Å². The molecule has 160 valence electrons. The SMILES string of the molecule is CC(=O)Nc1ccc(S(=O)(=O)NCCNC(=O)C2CC(=O)N(C(C)(C)C)C2)cc1. The number of carbonyl (C=O) groups is 3. The zero-order chi connectivity index (χ0) is 21.8. The van der Waals surface area contributed by atoms with E-state index in [1.807, 2.05) is 20.8 Å². The van der Waals surface area contributed by atoms with Crippen LogP contribution in [-0.4, -0.2) is 56.2 Å². The normalized spacial score (nSPS) is 17.3. The molecule has 3 N–H and O–H groups in total. The van der Waals surface area contributed by atoms with Crippen LogP contribution >= 0.6 is 0 Å². The third kappa shape index (κ3) is 6.26. The lowest BCUT2D eigenvalue weighted by Gasteiger charge is -2.31. The van der Waals surface area contributed by atoms with Gasteiger partial charge in [-0.25, -0.2) is 13.1 Å². The number of sulfonamides is 1. The summed E-state index contributed by atoms with van der Waals surface area (Å²) in [6.45, 7) is 7.62. The number of amides is 3. The van der Waals surface area contributed by atoms with Crippen LogP contribution in [0.15, 0.2) is 29.2 Å². The Hall–Kier alpha value is -2.46. The van der Waals surface area contributed by atoms with Crippen LogP contribution in [0.3, 0.4) is 0 Å². The fraction of sp³-hybridized carbons (Fsp3) is 0.526. The van der Waals surface area contributed by atoms with Crippen LogP contribution in [0.25, 0.3) is 0 Å². The highest BCUT2D eigenvalue weighted by Crippen LogP contribution is 2.25. The van der Waals surface area contributed by atoms with Gasteiger partial charge in [0.25, 0.3) is 0 Å². The molecular weight excluding hydrogens is 396 g/mol. The topological polar surface area (TPSA) is 125 Å². The Kier molecular flexibility index (Phi) is 7.02. The van der Waals surface area contributed by atoms with Gasteiger partial charge in [0.05, 0.1) is 10.8 Å². The maximum absolute atomic E-state index is 12.3. The quantitative estimate of drug-likeness (QED) is 0.556. The Labute approximate surface area is 171 Å². The van der Waals surface area contributed by atoms with Gasteiger partial charge < -0.3 is 15.5 Å². The molecule has 3 amide bonds. The molecule has 1 fully saturated rings. The second-order valence-corrected chi connectivity index (χ2v) is 9.74. The fourth-order valence-corrected chi connectivity index (χ4v) is 4.08. The van der Waals surface area contributed by atoms with Gasteiger partial charge in [-0.3, -0.25) is 14.4 Å². The van der Waals surface area contributed by atoms with E-state index in [1.165, 1.54) is 31.2 Å². The van der Waals surface area contributed by atoms with Crippen molar-refractivity contribution in [3.63, 3.8) is 0 Å². The predicted octanol–water partition coefficient (Wildman–Crippen LogP) is 0.687. The van der Waals surface area contributed by atoms with Crippen LogP contribution in [0.4, 0.5) is 5.69 Å². The highest BCUT2D eigenvalue weighted by Gasteiger charge is 2.39. The molecule has 9 nitrogen and oxygen atoms in total. The third-order valence-electron chi connectivity index (χ3n) is 4.51. The number of benzene rings is 1. The Morgan fingerprint density at radius 3 is 2.28 bits per heavy atom. The molecule has 1 aromatic carbocycles. The molecule has 0 aromatic heterocycles. The van der Waals surface area contributed by atoms with E-state index >= 15 is 0 Å². The number of hydrogen-bond donors (Lipinski definition) is 3. The second-order valence-electron chi connectivity index (χ2n) is 7.97. The van der Waals surface area contributed by atoms with Crippen LogP contribution in [0.2, 0.25) is 0 Å². The third-order valence-corrected chi connectivity index (χ3v) is 5.98. The number of carbonyl (C=O) groups excluding carboxylic acids is 3. The molecule has 1 heterocycles. The zero-order valence-corrected chi connectivity index (χ0v) is 17.9. The average Bonchev–Trinajstić information content (AvgIpc) is 3.01. The summed E-state index contributed by atoms with van der Waals surface area (Å²) in [5.41, 5.74) is 0.163. The molecule has 0 saturated carbocycles. The molecule has 1 aliphatic rings. The van der Waals surface area contributed by atoms with Crippen molar-refractivity contribution in [3.05, 3.63) is 24.3 Å². The van der Waals surface area contributed by atoms with Gasteiger partial charge in [0.15, 0.2) is 0 Å². The van der Waals surface area contributed by atoms with Gasteiger partial charge in [0.2, 0.25) is 27.7 Å². The summed E-state index contributed by atoms with van der Waals surface area (Å²) in [5.74, 6) is -0.992. The summed E-state index contributed by atoms with van der Waals surface area (Å²) in [7, 11) is -3.74. The number of hydrogen-bond acceptors (Lipinski definition) is 5. The van der Waals surface area contributed by atoms with Gasteiger partial charge in [0, 0.05) is 44.2 Å². The molecule has 0 bridgehead atoms. The number of likely N-dealkylation sites (tertiary alicyclic amines) is 1. The van der Waals surface area contributed by atoms with E-state index in [9.17, 15) is 22.8 Å². The molecule has 0 aliphatic carbocycles. The van der Waals surface area contributed by atoms with Crippen molar-refractivity contribution in [2.75, 3.05) is 25.0 Å². The Morgan fingerprint density at radius 1 is 1.14 bits per heavy atom. The van der Waals surface area contributed by atoms with Crippen LogP contribution in [0.5, 0.6) is 0 Å². The van der Waals surface area contributed by atoms with E-state index in [4.69, 9.17) is 0 Å². The van der Waals surface area contributed by atoms with Crippen molar-refractivity contribution in [1.82, 2.24) is 14.9 Å². The zero-order valence-electron chi connectivity index (χ0n) is 17.1. The van der Waals surface area contributed by atoms with E-state index < -0.39 is 15.9 Å². The van der Waals surface area contributed by atoms with Crippen molar-refractivity contribution < 1.29 is 22.8 Å². The first kappa shape index (κ1) is 22.8. The number of nitrogens with one attached hydrogen (secondary N) is 3. The molecule has 1 aliphatic heterocycles. The molecule has 0 spiro atoms. The Morgan fingerprint density at radius 2 is 1.76 bits per heavy atom. The van der Waals surface area contributed by atoms with Crippen molar-refractivity contribution in [3.8, 4) is 0 Å². The molecule has 1 aromatic rings. The molecule has 1 atom stereocenters. The fourth-order valence-electron chi connectivity index (χ4n) is 3.05. The Bertz CT molecular complexity index is 875. The summed E-state index contributed by atoms with van der Waals surface area (Å²) in [5, 5.41) is 5.24. The van der Waals surface area contributed by atoms with Gasteiger partial charge in [-0.15, -0.1) is 0 Å². The largest absolute Gasteiger partial charge is 0.354 e. The molecule has 29 heavy (non-hydrogen) atoms. The molecule has 1 saturated heterocycles. The lowest BCUT2D eigenvalue weighted by atomic mass is 10.1. The maximum Gasteiger partial charge on any atom is 0.240 e. The molecule has 10 heteroatoms. The Balaban J connectivity index is 1.81. The first-order chi connectivity index (χ1) is 13.4. The maximum atomic E-state index is 12.3. The first-order valence-corrected chi connectivity index (χ1v) is 10.8. The smallest absolute Gasteiger partial charge is 0.240 e. The van der Waals surface area contributed by atoms with E-state index in [-0.39, 0.29) is 47.7 Å². The minimum Gasteiger partial charge on any atom is -0.354 e. The van der Waals surface area contributed by atoms with Crippen LogP contribution < -0.4 is 15.4 Å². The summed E-state index contributed by atoms with van der Waals surface area (Å²) in [4.78, 5) is 37.1. The van der Waals surface area contributed by atoms with E-state index in [0.29, 0.717) is 12.2 Å². The summed E-state index contributed by atoms with van der Waals surface area (Å²) in [6.07, 6.45) is 0.162. The summed E-state index contributed by atoms with van der Waals surface area (Å²) < 4.78 is 27.0. The predicted molar refractivity (Wildman–Crippen MR) is 109 cm³/mol. The van der Waals surface area contributed by atoms with Crippen molar-refractivity contribution in [1.29, 1.82) is 0 Å². The van der Waals surface area contributed by atoms with Crippen LogP contribution in [0, 0.1) is 5.92 Å². The van der Waals surface area contributed by atoms with Crippen LogP contribution in [-0.2, 0) is 24.4 Å². The standard InChI is InChI=1S/C19H28N4O5S/c1-13(24)22-15-5-7-16(8-6-15)29(27,28)21-10-9-20-18(26)14-11-17(25)23(12-14)19(2,3)4/h5-8,14,21H,9-12H2,1-4H3,(H,20,26)(H,22,24). The minimum absolute atomic E-state index is 0.0190. The molecular formula is C19H28N4O5S. The lowest BCUT2D eigenvalue weighted by Crippen LogP contribution is -2.43. The van der Waals surface area contributed by atoms with E-state index in [0.717, 1.165) is 0 Å². The van der Waals surface area contributed by atoms with Gasteiger partial charge in [0.1, 0.15) is 0 Å². The monoisotopic (exact) mass is 424 g/mol. The summed E-state index contributed by atoms with van der Waals surface area (Å²) >= 11 is 0. The minimum atomic E-state index is -3.74. The highest BCUT2D eigenvalue weighted by atomic mass is 32.2. The molecule has 1 unspecified atom stereocenters. The average molecular weight is 425 g/mol. The number of anilines is 1. The van der Waals surface area contributed by atoms with E-state index in [2.05, 4.69) is 15.4 Å². The molecule has 0 radical (unpaired) electrons. The van der Waals surface area contributed by atoms with Crippen molar-refractivity contribution >= 4 is 33.4 Å². The van der Waals surface area contributed by atoms with Gasteiger partial charge >= 0.3 is 0 Å². The van der Waals surface area contributed by atoms with Crippen molar-refractivity contribution in [2.24, 2.45) is 5.92 Å². The van der Waals surface area contributed by atoms with E-state index in [1.54, 1.807) is 4.90 Å². The lowest BCUT2D eigenvalue weighted by molar-refractivity contribution is -0.132. The van der Waals surface area contributed by atoms with Gasteiger partial charge in [-0.1, -0.05) is 0 Å².